The van der Waals surface area contributed by atoms with E-state index in [1.54, 1.807) is 43.3 Å². The second-order valence-corrected chi connectivity index (χ2v) is 12.6. The Morgan fingerprint density at radius 1 is 0.837 bits per heavy atom. The molecule has 0 unspecified atom stereocenters. The molecule has 0 radical (unpaired) electrons. The Hall–Kier alpha value is -4.14. The van der Waals surface area contributed by atoms with Gasteiger partial charge in [-0.05, 0) is 73.4 Å². The maximum Gasteiger partial charge on any atom is 0.264 e. The Morgan fingerprint density at radius 2 is 1.47 bits per heavy atom. The number of amides is 2. The molecule has 0 saturated heterocycles. The molecule has 0 aromatic heterocycles. The molecule has 224 valence electrons. The molecule has 43 heavy (non-hydrogen) atoms. The third-order valence-electron chi connectivity index (χ3n) is 7.26. The zero-order valence-electron chi connectivity index (χ0n) is 24.5. The molecule has 0 aliphatic carbocycles. The molecule has 4 rings (SSSR count). The van der Waals surface area contributed by atoms with Crippen LogP contribution in [0.5, 0.6) is 0 Å². The zero-order chi connectivity index (χ0) is 31.0. The van der Waals surface area contributed by atoms with Gasteiger partial charge in [-0.25, -0.2) is 8.42 Å². The van der Waals surface area contributed by atoms with Crippen molar-refractivity contribution in [1.82, 2.24) is 10.2 Å². The maximum atomic E-state index is 14.5. The number of nitrogens with zero attached hydrogens (tertiary/aromatic N) is 2. The monoisotopic (exact) mass is 617 g/mol. The number of halogens is 1. The number of hydrogen-bond donors (Lipinski definition) is 1. The van der Waals surface area contributed by atoms with Gasteiger partial charge in [0, 0.05) is 24.5 Å². The second-order valence-electron chi connectivity index (χ2n) is 10.3. The van der Waals surface area contributed by atoms with Crippen molar-refractivity contribution in [3.05, 3.63) is 130 Å². The first kappa shape index (κ1) is 31.8. The standard InChI is InChI=1S/C34H36ClN3O4S/c1-4-36-34(40)32(22-27-14-7-5-8-15-27)37(23-28-16-12-11-13-25(28)2)33(39)24-38(31-20-19-29(35)21-26(31)3)43(41,42)30-17-9-6-10-18-30/h5-21,32H,4,22-24H2,1-3H3,(H,36,40)/t32-/m0/s1. The Kier molecular flexibility index (Phi) is 10.6. The average Bonchev–Trinajstić information content (AvgIpc) is 3.00. The summed E-state index contributed by atoms with van der Waals surface area (Å²) in [6.07, 6.45) is 0.260. The lowest BCUT2D eigenvalue weighted by atomic mass is 10.0. The molecule has 0 saturated carbocycles. The van der Waals surface area contributed by atoms with Crippen LogP contribution >= 0.6 is 11.6 Å². The number of carbonyl (C=O) groups is 2. The Balaban J connectivity index is 1.82. The molecule has 7 nitrogen and oxygen atoms in total. The van der Waals surface area contributed by atoms with Crippen LogP contribution in [0.4, 0.5) is 5.69 Å². The topological polar surface area (TPSA) is 86.8 Å². The van der Waals surface area contributed by atoms with Gasteiger partial charge in [-0.15, -0.1) is 0 Å². The molecular formula is C34H36ClN3O4S. The molecule has 0 bridgehead atoms. The maximum absolute atomic E-state index is 14.5. The number of carbonyl (C=O) groups excluding carboxylic acids is 2. The van der Waals surface area contributed by atoms with Crippen molar-refractivity contribution < 1.29 is 18.0 Å². The number of hydrogen-bond acceptors (Lipinski definition) is 4. The highest BCUT2D eigenvalue weighted by Crippen LogP contribution is 2.29. The highest BCUT2D eigenvalue weighted by Gasteiger charge is 2.35. The third-order valence-corrected chi connectivity index (χ3v) is 9.27. The summed E-state index contributed by atoms with van der Waals surface area (Å²) in [5, 5.41) is 3.33. The van der Waals surface area contributed by atoms with E-state index in [0.29, 0.717) is 22.8 Å². The van der Waals surface area contributed by atoms with Gasteiger partial charge in [0.05, 0.1) is 10.6 Å². The average molecular weight is 618 g/mol. The van der Waals surface area contributed by atoms with Crippen molar-refractivity contribution >= 4 is 39.1 Å². The summed E-state index contributed by atoms with van der Waals surface area (Å²) in [7, 11) is -4.17. The predicted octanol–water partition coefficient (Wildman–Crippen LogP) is 5.93. The molecule has 4 aromatic rings. The molecule has 4 aromatic carbocycles. The van der Waals surface area contributed by atoms with Crippen LogP contribution in [0.3, 0.4) is 0 Å². The van der Waals surface area contributed by atoms with Crippen LogP contribution in [0, 0.1) is 13.8 Å². The normalized spacial score (nSPS) is 11.9. The van der Waals surface area contributed by atoms with Crippen LogP contribution in [-0.2, 0) is 32.6 Å². The van der Waals surface area contributed by atoms with Gasteiger partial charge in [-0.3, -0.25) is 13.9 Å². The Bertz CT molecular complexity index is 1660. The van der Waals surface area contributed by atoms with Crippen LogP contribution in [0.1, 0.15) is 29.2 Å². The molecule has 0 fully saturated rings. The van der Waals surface area contributed by atoms with Crippen molar-refractivity contribution in [2.75, 3.05) is 17.4 Å². The minimum absolute atomic E-state index is 0.0483. The van der Waals surface area contributed by atoms with E-state index < -0.39 is 28.5 Å². The van der Waals surface area contributed by atoms with Crippen molar-refractivity contribution in [1.29, 1.82) is 0 Å². The molecule has 1 atom stereocenters. The Labute approximate surface area is 259 Å². The number of benzene rings is 4. The molecule has 9 heteroatoms. The number of nitrogens with one attached hydrogen (secondary N) is 1. The highest BCUT2D eigenvalue weighted by atomic mass is 35.5. The van der Waals surface area contributed by atoms with E-state index >= 15 is 0 Å². The predicted molar refractivity (Wildman–Crippen MR) is 172 cm³/mol. The van der Waals surface area contributed by atoms with Crippen molar-refractivity contribution in [3.8, 4) is 0 Å². The van der Waals surface area contributed by atoms with Crippen molar-refractivity contribution in [3.63, 3.8) is 0 Å². The first-order valence-electron chi connectivity index (χ1n) is 14.1. The third kappa shape index (κ3) is 7.83. The quantitative estimate of drug-likeness (QED) is 0.214. The zero-order valence-corrected chi connectivity index (χ0v) is 26.1. The summed E-state index contributed by atoms with van der Waals surface area (Å²) in [4.78, 5) is 29.6. The van der Waals surface area contributed by atoms with Crippen LogP contribution in [0.2, 0.25) is 5.02 Å². The lowest BCUT2D eigenvalue weighted by molar-refractivity contribution is -0.140. The van der Waals surface area contributed by atoms with E-state index in [4.69, 9.17) is 11.6 Å². The Morgan fingerprint density at radius 3 is 2.09 bits per heavy atom. The van der Waals surface area contributed by atoms with Crippen LogP contribution < -0.4 is 9.62 Å². The number of anilines is 1. The lowest BCUT2D eigenvalue weighted by Crippen LogP contribution is -2.53. The summed E-state index contributed by atoms with van der Waals surface area (Å²) < 4.78 is 29.3. The molecule has 0 aliphatic heterocycles. The summed E-state index contributed by atoms with van der Waals surface area (Å²) in [6, 6.07) is 29.1. The van der Waals surface area contributed by atoms with Gasteiger partial charge >= 0.3 is 0 Å². The molecule has 2 amide bonds. The van der Waals surface area contributed by atoms with E-state index in [-0.39, 0.29) is 23.8 Å². The fourth-order valence-corrected chi connectivity index (χ4v) is 6.68. The number of likely N-dealkylation sites (N-methyl/N-ethyl adjacent to an activating group) is 1. The van der Waals surface area contributed by atoms with Crippen molar-refractivity contribution in [2.45, 2.75) is 44.7 Å². The van der Waals surface area contributed by atoms with Crippen molar-refractivity contribution in [2.24, 2.45) is 0 Å². The molecule has 0 spiro atoms. The first-order chi connectivity index (χ1) is 20.6. The lowest BCUT2D eigenvalue weighted by Gasteiger charge is -2.34. The molecule has 0 aliphatic rings. The van der Waals surface area contributed by atoms with Gasteiger partial charge in [0.25, 0.3) is 10.0 Å². The first-order valence-corrected chi connectivity index (χ1v) is 15.9. The smallest absolute Gasteiger partial charge is 0.264 e. The van der Waals surface area contributed by atoms with Gasteiger partial charge in [0.2, 0.25) is 11.8 Å². The van der Waals surface area contributed by atoms with E-state index in [9.17, 15) is 18.0 Å². The molecule has 1 N–H and O–H groups in total. The fourth-order valence-electron chi connectivity index (χ4n) is 4.95. The van der Waals surface area contributed by atoms with Gasteiger partial charge in [0.1, 0.15) is 12.6 Å². The molecule has 0 heterocycles. The van der Waals surface area contributed by atoms with E-state index in [2.05, 4.69) is 5.32 Å². The fraction of sp³-hybridized carbons (Fsp3) is 0.235. The minimum Gasteiger partial charge on any atom is -0.355 e. The van der Waals surface area contributed by atoms with Gasteiger partial charge in [-0.2, -0.15) is 0 Å². The highest BCUT2D eigenvalue weighted by molar-refractivity contribution is 7.92. The van der Waals surface area contributed by atoms with Crippen LogP contribution in [-0.4, -0.2) is 44.3 Å². The summed E-state index contributed by atoms with van der Waals surface area (Å²) >= 11 is 6.21. The SMILES string of the molecule is CCNC(=O)[C@H](Cc1ccccc1)N(Cc1ccccc1C)C(=O)CN(c1ccc(Cl)cc1C)S(=O)(=O)c1ccccc1. The van der Waals surface area contributed by atoms with Gasteiger partial charge in [-0.1, -0.05) is 84.4 Å². The number of rotatable bonds is 12. The number of aryl methyl sites for hydroxylation is 2. The summed E-state index contributed by atoms with van der Waals surface area (Å²) in [5.74, 6) is -0.822. The van der Waals surface area contributed by atoms with E-state index in [0.717, 1.165) is 21.0 Å². The minimum atomic E-state index is -4.17. The molecular weight excluding hydrogens is 582 g/mol. The van der Waals surface area contributed by atoms with E-state index in [1.165, 1.54) is 17.0 Å². The summed E-state index contributed by atoms with van der Waals surface area (Å²) in [6.45, 7) is 5.50. The van der Waals surface area contributed by atoms with Crippen LogP contribution in [0.15, 0.2) is 108 Å². The van der Waals surface area contributed by atoms with Crippen LogP contribution in [0.25, 0.3) is 0 Å². The van der Waals surface area contributed by atoms with Gasteiger partial charge < -0.3 is 10.2 Å². The largest absolute Gasteiger partial charge is 0.355 e. The second kappa shape index (κ2) is 14.4. The van der Waals surface area contributed by atoms with E-state index in [1.807, 2.05) is 68.4 Å². The van der Waals surface area contributed by atoms with Gasteiger partial charge in [0.15, 0.2) is 0 Å². The number of sulfonamides is 1. The summed E-state index contributed by atoms with van der Waals surface area (Å²) in [5.41, 5.74) is 3.61.